The van der Waals surface area contributed by atoms with Crippen molar-refractivity contribution in [1.29, 1.82) is 0 Å². The molecule has 3 rings (SSSR count). The van der Waals surface area contributed by atoms with E-state index in [1.165, 1.54) is 0 Å². The van der Waals surface area contributed by atoms with Crippen molar-refractivity contribution in [2.45, 2.75) is 6.10 Å². The zero-order chi connectivity index (χ0) is 19.1. The Bertz CT molecular complexity index is 878. The summed E-state index contributed by atoms with van der Waals surface area (Å²) in [6.45, 7) is -0.353. The monoisotopic (exact) mass is 388 g/mol. The molecule has 1 saturated heterocycles. The Labute approximate surface area is 147 Å². The SMILES string of the molecule is COC(=O)[C@H]1CN(c2cc(F)c(N3C=CS(=O)(=O)CC3)c(F)c2)C(=O)O1. The third-order valence-corrected chi connectivity index (χ3v) is 5.23. The summed E-state index contributed by atoms with van der Waals surface area (Å²) >= 11 is 0. The summed E-state index contributed by atoms with van der Waals surface area (Å²) in [5, 5.41) is 0.877. The second kappa shape index (κ2) is 6.56. The van der Waals surface area contributed by atoms with Crippen LogP contribution in [0.15, 0.2) is 23.7 Å². The number of benzene rings is 1. The zero-order valence-electron chi connectivity index (χ0n) is 13.5. The number of esters is 1. The number of rotatable bonds is 3. The van der Waals surface area contributed by atoms with Gasteiger partial charge in [-0.15, -0.1) is 0 Å². The molecule has 0 aliphatic carbocycles. The van der Waals surface area contributed by atoms with Gasteiger partial charge >= 0.3 is 12.1 Å². The molecular weight excluding hydrogens is 374 g/mol. The van der Waals surface area contributed by atoms with Crippen LogP contribution in [0.25, 0.3) is 0 Å². The smallest absolute Gasteiger partial charge is 0.415 e. The Morgan fingerprint density at radius 2 is 1.96 bits per heavy atom. The molecule has 1 aromatic rings. The van der Waals surface area contributed by atoms with Gasteiger partial charge in [-0.05, 0) is 0 Å². The summed E-state index contributed by atoms with van der Waals surface area (Å²) in [6.07, 6.45) is -1.04. The van der Waals surface area contributed by atoms with E-state index in [9.17, 15) is 26.8 Å². The number of carbonyl (C=O) groups excluding carboxylic acids is 2. The highest BCUT2D eigenvalue weighted by atomic mass is 32.2. The first-order valence-electron chi connectivity index (χ1n) is 7.44. The van der Waals surface area contributed by atoms with Crippen LogP contribution in [0.2, 0.25) is 0 Å². The summed E-state index contributed by atoms with van der Waals surface area (Å²) in [5.74, 6) is -3.03. The van der Waals surface area contributed by atoms with Crippen LogP contribution >= 0.6 is 0 Å². The molecule has 2 heterocycles. The van der Waals surface area contributed by atoms with Crippen molar-refractivity contribution in [3.05, 3.63) is 35.4 Å². The van der Waals surface area contributed by atoms with E-state index in [-0.39, 0.29) is 24.5 Å². The van der Waals surface area contributed by atoms with Crippen LogP contribution in [-0.2, 0) is 24.1 Å². The average Bonchev–Trinajstić information content (AvgIpc) is 2.96. The van der Waals surface area contributed by atoms with Gasteiger partial charge in [0.15, 0.2) is 21.5 Å². The number of carbonyl (C=O) groups is 2. The van der Waals surface area contributed by atoms with E-state index < -0.39 is 45.3 Å². The van der Waals surface area contributed by atoms with Crippen LogP contribution in [0.1, 0.15) is 0 Å². The molecule has 140 valence electrons. The Morgan fingerprint density at radius 1 is 1.31 bits per heavy atom. The number of amides is 1. The molecule has 0 bridgehead atoms. The third kappa shape index (κ3) is 3.34. The van der Waals surface area contributed by atoms with Crippen LogP contribution in [0.5, 0.6) is 0 Å². The Balaban J connectivity index is 1.89. The molecule has 8 nitrogen and oxygen atoms in total. The number of nitrogens with zero attached hydrogens (tertiary/aromatic N) is 2. The minimum atomic E-state index is -3.38. The van der Waals surface area contributed by atoms with Gasteiger partial charge in [-0.25, -0.2) is 26.8 Å². The quantitative estimate of drug-likeness (QED) is 0.718. The number of hydrogen-bond donors (Lipinski definition) is 0. The van der Waals surface area contributed by atoms with Gasteiger partial charge in [-0.1, -0.05) is 0 Å². The topological polar surface area (TPSA) is 93.2 Å². The maximum absolute atomic E-state index is 14.5. The van der Waals surface area contributed by atoms with Crippen molar-refractivity contribution in [2.75, 3.05) is 35.8 Å². The van der Waals surface area contributed by atoms with Crippen molar-refractivity contribution in [3.8, 4) is 0 Å². The normalized spacial score (nSPS) is 21.7. The fourth-order valence-corrected chi connectivity index (χ4v) is 3.55. The van der Waals surface area contributed by atoms with Crippen molar-refractivity contribution in [1.82, 2.24) is 0 Å². The minimum Gasteiger partial charge on any atom is -0.466 e. The predicted octanol–water partition coefficient (Wildman–Crippen LogP) is 1.17. The highest BCUT2D eigenvalue weighted by molar-refractivity contribution is 7.94. The summed E-state index contributed by atoms with van der Waals surface area (Å²) in [5.41, 5.74) is -0.564. The van der Waals surface area contributed by atoms with Crippen LogP contribution in [0.3, 0.4) is 0 Å². The van der Waals surface area contributed by atoms with E-state index in [1.54, 1.807) is 0 Å². The van der Waals surface area contributed by atoms with Crippen molar-refractivity contribution < 1.29 is 36.3 Å². The molecule has 1 amide bonds. The highest BCUT2D eigenvalue weighted by Gasteiger charge is 2.38. The molecule has 26 heavy (non-hydrogen) atoms. The van der Waals surface area contributed by atoms with E-state index in [0.29, 0.717) is 0 Å². The van der Waals surface area contributed by atoms with E-state index in [4.69, 9.17) is 4.74 Å². The predicted molar refractivity (Wildman–Crippen MR) is 86.3 cm³/mol. The number of ether oxygens (including phenoxy) is 2. The molecule has 0 N–H and O–H groups in total. The molecule has 0 aromatic heterocycles. The van der Waals surface area contributed by atoms with Crippen LogP contribution < -0.4 is 9.80 Å². The van der Waals surface area contributed by atoms with Crippen molar-refractivity contribution in [3.63, 3.8) is 0 Å². The first-order valence-corrected chi connectivity index (χ1v) is 9.16. The van der Waals surface area contributed by atoms with Gasteiger partial charge in [0.2, 0.25) is 6.10 Å². The molecule has 0 saturated carbocycles. The van der Waals surface area contributed by atoms with Gasteiger partial charge in [0.05, 0.1) is 25.1 Å². The van der Waals surface area contributed by atoms with E-state index in [0.717, 1.165) is 40.7 Å². The van der Waals surface area contributed by atoms with Crippen LogP contribution in [-0.4, -0.2) is 52.5 Å². The minimum absolute atomic E-state index is 0.109. The molecule has 1 atom stereocenters. The summed E-state index contributed by atoms with van der Waals surface area (Å²) in [7, 11) is -2.25. The number of cyclic esters (lactones) is 1. The lowest BCUT2D eigenvalue weighted by molar-refractivity contribution is -0.148. The first-order chi connectivity index (χ1) is 12.2. The Kier molecular flexibility index (Phi) is 4.57. The first kappa shape index (κ1) is 18.1. The number of anilines is 2. The second-order valence-corrected chi connectivity index (χ2v) is 7.62. The third-order valence-electron chi connectivity index (χ3n) is 3.94. The summed E-state index contributed by atoms with van der Waals surface area (Å²) < 4.78 is 60.9. The van der Waals surface area contributed by atoms with E-state index in [1.807, 2.05) is 0 Å². The lowest BCUT2D eigenvalue weighted by atomic mass is 10.2. The van der Waals surface area contributed by atoms with Crippen LogP contribution in [0, 0.1) is 11.6 Å². The number of sulfone groups is 1. The van der Waals surface area contributed by atoms with Gasteiger partial charge in [0.25, 0.3) is 0 Å². The molecule has 11 heteroatoms. The fraction of sp³-hybridized carbons (Fsp3) is 0.333. The molecule has 2 aliphatic rings. The standard InChI is InChI=1S/C15H14F2N2O6S/c1-24-14(20)12-8-19(15(21)25-12)9-6-10(16)13(11(17)7-9)18-2-4-26(22,23)5-3-18/h2,4,6-7,12H,3,5,8H2,1H3/t12-/m1/s1. The maximum atomic E-state index is 14.5. The lowest BCUT2D eigenvalue weighted by Gasteiger charge is -2.25. The molecule has 0 radical (unpaired) electrons. The van der Waals surface area contributed by atoms with E-state index in [2.05, 4.69) is 4.74 Å². The molecular formula is C15H14F2N2O6S. The highest BCUT2D eigenvalue weighted by Crippen LogP contribution is 2.32. The summed E-state index contributed by atoms with van der Waals surface area (Å²) in [6, 6.07) is 1.83. The van der Waals surface area contributed by atoms with Gasteiger partial charge in [-0.3, -0.25) is 4.90 Å². The van der Waals surface area contributed by atoms with Crippen molar-refractivity contribution >= 4 is 33.3 Å². The fourth-order valence-electron chi connectivity index (χ4n) is 2.63. The summed E-state index contributed by atoms with van der Waals surface area (Å²) in [4.78, 5) is 25.3. The zero-order valence-corrected chi connectivity index (χ0v) is 14.3. The Morgan fingerprint density at radius 3 is 2.50 bits per heavy atom. The molecule has 0 unspecified atom stereocenters. The average molecular weight is 388 g/mol. The molecule has 1 fully saturated rings. The van der Waals surface area contributed by atoms with Gasteiger partial charge in [0.1, 0.15) is 5.69 Å². The molecule has 2 aliphatic heterocycles. The molecule has 0 spiro atoms. The van der Waals surface area contributed by atoms with E-state index >= 15 is 0 Å². The van der Waals surface area contributed by atoms with Gasteiger partial charge in [0, 0.05) is 30.3 Å². The number of halogens is 2. The molecule has 1 aromatic carbocycles. The van der Waals surface area contributed by atoms with Crippen LogP contribution in [0.4, 0.5) is 25.0 Å². The van der Waals surface area contributed by atoms with Crippen molar-refractivity contribution in [2.24, 2.45) is 0 Å². The Hall–Kier alpha value is -2.69. The second-order valence-electron chi connectivity index (χ2n) is 5.61. The number of hydrogen-bond acceptors (Lipinski definition) is 7. The van der Waals surface area contributed by atoms with Gasteiger partial charge < -0.3 is 14.4 Å². The van der Waals surface area contributed by atoms with Gasteiger partial charge in [-0.2, -0.15) is 0 Å². The number of methoxy groups -OCH3 is 1. The largest absolute Gasteiger partial charge is 0.466 e. The lowest BCUT2D eigenvalue weighted by Crippen LogP contribution is -2.30. The maximum Gasteiger partial charge on any atom is 0.415 e.